The van der Waals surface area contributed by atoms with E-state index in [4.69, 9.17) is 12.2 Å². The second-order valence-electron chi connectivity index (χ2n) is 3.92. The minimum absolute atomic E-state index is 0. The van der Waals surface area contributed by atoms with Gasteiger partial charge in [0, 0.05) is 11.8 Å². The van der Waals surface area contributed by atoms with Crippen molar-refractivity contribution >= 4 is 47.7 Å². The first-order valence-electron chi connectivity index (χ1n) is 5.48. The molecule has 1 aromatic rings. The van der Waals surface area contributed by atoms with Crippen molar-refractivity contribution < 1.29 is 0 Å². The molecule has 1 heterocycles. The van der Waals surface area contributed by atoms with Crippen molar-refractivity contribution in [1.29, 1.82) is 0 Å². The summed E-state index contributed by atoms with van der Waals surface area (Å²) < 4.78 is 1.82. The minimum atomic E-state index is 0. The Morgan fingerprint density at radius 3 is 2.65 bits per heavy atom. The Morgan fingerprint density at radius 1 is 1.47 bits per heavy atom. The molecule has 1 unspecified atom stereocenters. The zero-order valence-electron chi connectivity index (χ0n) is 10.4. The molecular formula is C10H20ClN3S3. The fourth-order valence-corrected chi connectivity index (χ4v) is 3.75. The van der Waals surface area contributed by atoms with Gasteiger partial charge in [0.15, 0.2) is 8.29 Å². The van der Waals surface area contributed by atoms with Crippen molar-refractivity contribution in [1.82, 2.24) is 15.1 Å². The summed E-state index contributed by atoms with van der Waals surface area (Å²) in [6, 6.07) is 0.685. The van der Waals surface area contributed by atoms with E-state index in [1.54, 1.807) is 23.1 Å². The molecule has 0 aliphatic carbocycles. The molecular weight excluding hydrogens is 294 g/mol. The van der Waals surface area contributed by atoms with E-state index in [9.17, 15) is 0 Å². The molecule has 1 N–H and O–H groups in total. The Balaban J connectivity index is 0.00000256. The molecule has 0 saturated carbocycles. The number of rotatable bonds is 7. The third-order valence-corrected chi connectivity index (χ3v) is 4.71. The van der Waals surface area contributed by atoms with Gasteiger partial charge in [0.25, 0.3) is 0 Å². The minimum Gasteiger partial charge on any atom is -0.306 e. The molecule has 1 aromatic heterocycles. The van der Waals surface area contributed by atoms with E-state index >= 15 is 0 Å². The van der Waals surface area contributed by atoms with Crippen LogP contribution >= 0.6 is 47.7 Å². The van der Waals surface area contributed by atoms with Crippen LogP contribution in [0.5, 0.6) is 0 Å². The van der Waals surface area contributed by atoms with Gasteiger partial charge in [0.05, 0.1) is 0 Å². The number of hydrogen-bond donors (Lipinski definition) is 1. The zero-order valence-corrected chi connectivity index (χ0v) is 13.7. The van der Waals surface area contributed by atoms with E-state index in [1.807, 2.05) is 0 Å². The summed E-state index contributed by atoms with van der Waals surface area (Å²) in [4.78, 5) is 2.32. The van der Waals surface area contributed by atoms with Crippen LogP contribution in [0, 0.1) is 3.95 Å². The maximum absolute atomic E-state index is 5.00. The highest BCUT2D eigenvalue weighted by Crippen LogP contribution is 2.22. The van der Waals surface area contributed by atoms with Crippen molar-refractivity contribution in [2.75, 3.05) is 19.8 Å². The van der Waals surface area contributed by atoms with E-state index in [2.05, 4.69) is 36.1 Å². The third kappa shape index (κ3) is 6.76. The van der Waals surface area contributed by atoms with Gasteiger partial charge in [-0.3, -0.25) is 5.10 Å². The Morgan fingerprint density at radius 2 is 2.18 bits per heavy atom. The molecule has 0 aliphatic rings. The normalized spacial score (nSPS) is 12.5. The van der Waals surface area contributed by atoms with E-state index < -0.39 is 0 Å². The Kier molecular flexibility index (Phi) is 9.54. The molecule has 0 radical (unpaired) electrons. The van der Waals surface area contributed by atoms with E-state index in [-0.39, 0.29) is 12.4 Å². The Bertz CT molecular complexity index is 351. The van der Waals surface area contributed by atoms with E-state index in [1.165, 1.54) is 19.3 Å². The molecule has 3 nitrogen and oxygen atoms in total. The van der Waals surface area contributed by atoms with Crippen molar-refractivity contribution in [3.05, 3.63) is 3.95 Å². The highest BCUT2D eigenvalue weighted by molar-refractivity contribution is 8.01. The summed E-state index contributed by atoms with van der Waals surface area (Å²) in [5, 5.41) is 6.95. The zero-order chi connectivity index (χ0) is 12.0. The van der Waals surface area contributed by atoms with E-state index in [0.717, 1.165) is 14.0 Å². The SMILES string of the molecule is CCCC(CCSc1n[nH]c(=S)s1)N(C)C.Cl. The lowest BCUT2D eigenvalue weighted by Crippen LogP contribution is -2.28. The first-order chi connectivity index (χ1) is 7.63. The molecule has 0 fully saturated rings. The van der Waals surface area contributed by atoms with Gasteiger partial charge in [0.1, 0.15) is 0 Å². The smallest absolute Gasteiger partial charge is 0.177 e. The van der Waals surface area contributed by atoms with Crippen LogP contribution in [0.25, 0.3) is 0 Å². The van der Waals surface area contributed by atoms with Crippen LogP contribution in [0.4, 0.5) is 0 Å². The number of thioether (sulfide) groups is 1. The number of halogens is 1. The first-order valence-corrected chi connectivity index (χ1v) is 7.69. The molecule has 100 valence electrons. The van der Waals surface area contributed by atoms with Gasteiger partial charge in [-0.2, -0.15) is 5.10 Å². The van der Waals surface area contributed by atoms with Gasteiger partial charge in [-0.05, 0) is 39.2 Å². The molecule has 1 atom stereocenters. The first kappa shape index (κ1) is 17.4. The van der Waals surface area contributed by atoms with Gasteiger partial charge in [0.2, 0.25) is 0 Å². The van der Waals surface area contributed by atoms with Crippen molar-refractivity contribution in [2.45, 2.75) is 36.6 Å². The van der Waals surface area contributed by atoms with Crippen LogP contribution in [0.15, 0.2) is 4.34 Å². The summed E-state index contributed by atoms with van der Waals surface area (Å²) in [6.45, 7) is 2.24. The van der Waals surface area contributed by atoms with Gasteiger partial charge < -0.3 is 4.90 Å². The van der Waals surface area contributed by atoms with Crippen LogP contribution in [-0.4, -0.2) is 41.0 Å². The standard InChI is InChI=1S/C10H19N3S3.ClH/c1-4-5-8(13(2)3)6-7-15-10-12-11-9(14)16-10;/h8H,4-7H2,1-3H3,(H,11,14);1H. The Hall–Kier alpha value is 0.380. The lowest BCUT2D eigenvalue weighted by atomic mass is 10.1. The summed E-state index contributed by atoms with van der Waals surface area (Å²) in [6.07, 6.45) is 3.72. The van der Waals surface area contributed by atoms with Gasteiger partial charge in [-0.15, -0.1) is 12.4 Å². The average molecular weight is 314 g/mol. The highest BCUT2D eigenvalue weighted by atomic mass is 35.5. The summed E-state index contributed by atoms with van der Waals surface area (Å²) >= 11 is 8.35. The molecule has 0 aromatic carbocycles. The van der Waals surface area contributed by atoms with Gasteiger partial charge in [-0.25, -0.2) is 0 Å². The molecule has 0 amide bonds. The van der Waals surface area contributed by atoms with Crippen LogP contribution in [0.2, 0.25) is 0 Å². The summed E-state index contributed by atoms with van der Waals surface area (Å²) in [7, 11) is 4.31. The maximum atomic E-state index is 5.00. The maximum Gasteiger partial charge on any atom is 0.177 e. The lowest BCUT2D eigenvalue weighted by molar-refractivity contribution is 0.271. The van der Waals surface area contributed by atoms with Crippen LogP contribution in [-0.2, 0) is 0 Å². The summed E-state index contributed by atoms with van der Waals surface area (Å²) in [5.74, 6) is 1.11. The quantitative estimate of drug-likeness (QED) is 0.612. The monoisotopic (exact) mass is 313 g/mol. The highest BCUT2D eigenvalue weighted by Gasteiger charge is 2.10. The number of nitrogens with one attached hydrogen (secondary N) is 1. The Labute approximate surface area is 123 Å². The molecule has 7 heteroatoms. The van der Waals surface area contributed by atoms with Crippen molar-refractivity contribution in [3.8, 4) is 0 Å². The molecule has 1 rings (SSSR count). The molecule has 0 aliphatic heterocycles. The predicted octanol–water partition coefficient (Wildman–Crippen LogP) is 3.83. The van der Waals surface area contributed by atoms with Crippen molar-refractivity contribution in [3.63, 3.8) is 0 Å². The fourth-order valence-electron chi connectivity index (χ4n) is 1.55. The number of nitrogens with zero attached hydrogens (tertiary/aromatic N) is 2. The topological polar surface area (TPSA) is 31.9 Å². The van der Waals surface area contributed by atoms with E-state index in [0.29, 0.717) is 6.04 Å². The largest absolute Gasteiger partial charge is 0.306 e. The summed E-state index contributed by atoms with van der Waals surface area (Å²) in [5.41, 5.74) is 0. The average Bonchev–Trinajstić information content (AvgIpc) is 2.63. The van der Waals surface area contributed by atoms with Gasteiger partial charge >= 0.3 is 0 Å². The van der Waals surface area contributed by atoms with Crippen LogP contribution < -0.4 is 0 Å². The second kappa shape index (κ2) is 9.33. The molecule has 0 bridgehead atoms. The fraction of sp³-hybridized carbons (Fsp3) is 0.800. The van der Waals surface area contributed by atoms with Crippen LogP contribution in [0.1, 0.15) is 26.2 Å². The van der Waals surface area contributed by atoms with Crippen LogP contribution in [0.3, 0.4) is 0 Å². The number of hydrogen-bond acceptors (Lipinski definition) is 5. The number of aromatic amines is 1. The predicted molar refractivity (Wildman–Crippen MR) is 82.3 cm³/mol. The number of aromatic nitrogens is 2. The van der Waals surface area contributed by atoms with Gasteiger partial charge in [-0.1, -0.05) is 36.4 Å². The van der Waals surface area contributed by atoms with Crippen molar-refractivity contribution in [2.24, 2.45) is 0 Å². The molecule has 0 spiro atoms. The third-order valence-electron chi connectivity index (χ3n) is 2.45. The lowest BCUT2D eigenvalue weighted by Gasteiger charge is -2.23. The molecule has 0 saturated heterocycles. The second-order valence-corrected chi connectivity index (χ2v) is 6.93. The number of H-pyrrole nitrogens is 1. The molecule has 17 heavy (non-hydrogen) atoms.